The van der Waals surface area contributed by atoms with Gasteiger partial charge in [-0.05, 0) is 49.6 Å². The minimum atomic E-state index is -0.109. The van der Waals surface area contributed by atoms with Crippen molar-refractivity contribution in [1.82, 2.24) is 15.1 Å². The molecule has 3 rings (SSSR count). The summed E-state index contributed by atoms with van der Waals surface area (Å²) in [6.07, 6.45) is 7.09. The van der Waals surface area contributed by atoms with Crippen molar-refractivity contribution in [2.75, 3.05) is 13.7 Å². The third kappa shape index (κ3) is 5.10. The van der Waals surface area contributed by atoms with Gasteiger partial charge in [0.2, 0.25) is 5.91 Å². The highest BCUT2D eigenvalue weighted by atomic mass is 16.5. The van der Waals surface area contributed by atoms with E-state index in [0.717, 1.165) is 35.5 Å². The molecule has 2 aromatic carbocycles. The zero-order valence-electron chi connectivity index (χ0n) is 16.3. The maximum Gasteiger partial charge on any atom is 0.244 e. The molecule has 5 heteroatoms. The number of ether oxygens (including phenoxy) is 1. The van der Waals surface area contributed by atoms with Crippen LogP contribution in [0.1, 0.15) is 23.2 Å². The molecule has 0 saturated carbocycles. The highest BCUT2D eigenvalue weighted by molar-refractivity contribution is 5.92. The van der Waals surface area contributed by atoms with Gasteiger partial charge in [-0.1, -0.05) is 36.4 Å². The Morgan fingerprint density at radius 3 is 2.68 bits per heavy atom. The molecular weight excluding hydrogens is 350 g/mol. The Hall–Kier alpha value is -3.34. The van der Waals surface area contributed by atoms with Crippen LogP contribution < -0.4 is 10.1 Å². The molecular formula is C23H25N3O2. The summed E-state index contributed by atoms with van der Waals surface area (Å²) < 4.78 is 7.18. The van der Waals surface area contributed by atoms with E-state index < -0.39 is 0 Å². The van der Waals surface area contributed by atoms with Crippen LogP contribution in [0.25, 0.3) is 11.8 Å². The molecule has 0 bridgehead atoms. The largest absolute Gasteiger partial charge is 0.496 e. The summed E-state index contributed by atoms with van der Waals surface area (Å²) in [5, 5.41) is 7.51. The second-order valence-electron chi connectivity index (χ2n) is 6.49. The SMILES string of the molecule is COc1ccccc1/C=C/C(=O)NCCCc1cn(-c2ccccc2)nc1C. The zero-order chi connectivity index (χ0) is 19.8. The minimum absolute atomic E-state index is 0.109. The van der Waals surface area contributed by atoms with E-state index in [4.69, 9.17) is 4.74 Å². The smallest absolute Gasteiger partial charge is 0.244 e. The third-order valence-corrected chi connectivity index (χ3v) is 4.50. The molecule has 0 aliphatic carbocycles. The maximum absolute atomic E-state index is 12.0. The number of methoxy groups -OCH3 is 1. The first kappa shape index (κ1) is 19.4. The number of nitrogens with zero attached hydrogens (tertiary/aromatic N) is 2. The number of carbonyl (C=O) groups excluding carboxylic acids is 1. The first-order chi connectivity index (χ1) is 13.7. The van der Waals surface area contributed by atoms with Crippen LogP contribution >= 0.6 is 0 Å². The molecule has 0 aliphatic heterocycles. The number of hydrogen-bond acceptors (Lipinski definition) is 3. The highest BCUT2D eigenvalue weighted by Crippen LogP contribution is 2.18. The number of hydrogen-bond donors (Lipinski definition) is 1. The van der Waals surface area contributed by atoms with Crippen LogP contribution in [0.4, 0.5) is 0 Å². The molecule has 0 atom stereocenters. The topological polar surface area (TPSA) is 56.1 Å². The summed E-state index contributed by atoms with van der Waals surface area (Å²) in [6, 6.07) is 17.7. The van der Waals surface area contributed by atoms with Crippen molar-refractivity contribution in [3.8, 4) is 11.4 Å². The van der Waals surface area contributed by atoms with Crippen molar-refractivity contribution in [3.05, 3.63) is 83.7 Å². The lowest BCUT2D eigenvalue weighted by molar-refractivity contribution is -0.116. The number of aryl methyl sites for hydroxylation is 2. The summed E-state index contributed by atoms with van der Waals surface area (Å²) in [6.45, 7) is 2.63. The third-order valence-electron chi connectivity index (χ3n) is 4.50. The van der Waals surface area contributed by atoms with Crippen LogP contribution in [0.2, 0.25) is 0 Å². The molecule has 144 valence electrons. The van der Waals surface area contributed by atoms with Gasteiger partial charge in [0.25, 0.3) is 0 Å². The molecule has 1 heterocycles. The molecule has 0 spiro atoms. The molecule has 0 radical (unpaired) electrons. The fourth-order valence-corrected chi connectivity index (χ4v) is 2.97. The number of benzene rings is 2. The lowest BCUT2D eigenvalue weighted by atomic mass is 10.1. The molecule has 1 N–H and O–H groups in total. The van der Waals surface area contributed by atoms with Crippen LogP contribution in [0.5, 0.6) is 5.75 Å². The van der Waals surface area contributed by atoms with Crippen LogP contribution in [0.3, 0.4) is 0 Å². The molecule has 5 nitrogen and oxygen atoms in total. The summed E-state index contributed by atoms with van der Waals surface area (Å²) in [4.78, 5) is 12.0. The number of amides is 1. The lowest BCUT2D eigenvalue weighted by Crippen LogP contribution is -2.22. The monoisotopic (exact) mass is 375 g/mol. The van der Waals surface area contributed by atoms with E-state index in [0.29, 0.717) is 6.54 Å². The Morgan fingerprint density at radius 1 is 1.14 bits per heavy atom. The average molecular weight is 375 g/mol. The molecule has 1 aromatic heterocycles. The van der Waals surface area contributed by atoms with Gasteiger partial charge in [0.1, 0.15) is 5.75 Å². The number of aromatic nitrogens is 2. The van der Waals surface area contributed by atoms with Gasteiger partial charge in [-0.3, -0.25) is 4.79 Å². The molecule has 28 heavy (non-hydrogen) atoms. The van der Waals surface area contributed by atoms with Crippen LogP contribution in [-0.4, -0.2) is 29.3 Å². The predicted octanol–water partition coefficient (Wildman–Crippen LogP) is 3.95. The fourth-order valence-electron chi connectivity index (χ4n) is 2.97. The van der Waals surface area contributed by atoms with E-state index in [1.807, 2.05) is 66.2 Å². The minimum Gasteiger partial charge on any atom is -0.496 e. The molecule has 1 amide bonds. The van der Waals surface area contributed by atoms with Gasteiger partial charge in [0.05, 0.1) is 18.5 Å². The predicted molar refractivity (Wildman–Crippen MR) is 112 cm³/mol. The molecule has 0 saturated heterocycles. The normalized spacial score (nSPS) is 10.9. The second kappa shape index (κ2) is 9.55. The Labute approximate surface area is 165 Å². The summed E-state index contributed by atoms with van der Waals surface area (Å²) >= 11 is 0. The summed E-state index contributed by atoms with van der Waals surface area (Å²) in [5.74, 6) is 0.639. The van der Waals surface area contributed by atoms with Crippen LogP contribution in [0, 0.1) is 6.92 Å². The maximum atomic E-state index is 12.0. The van der Waals surface area contributed by atoms with E-state index in [1.165, 1.54) is 11.6 Å². The van der Waals surface area contributed by atoms with E-state index in [1.54, 1.807) is 13.2 Å². The standard InChI is InChI=1S/C23H25N3O2/c1-18-20(17-26(25-18)21-11-4-3-5-12-21)10-8-16-24-23(27)15-14-19-9-6-7-13-22(19)28-2/h3-7,9,11-15,17H,8,10,16H2,1-2H3,(H,24,27)/b15-14+. The Balaban J connectivity index is 1.47. The van der Waals surface area contributed by atoms with Crippen molar-refractivity contribution in [1.29, 1.82) is 0 Å². The first-order valence-corrected chi connectivity index (χ1v) is 9.37. The fraction of sp³-hybridized carbons (Fsp3) is 0.217. The van der Waals surface area contributed by atoms with Crippen molar-refractivity contribution < 1.29 is 9.53 Å². The lowest BCUT2D eigenvalue weighted by Gasteiger charge is -2.04. The van der Waals surface area contributed by atoms with Gasteiger partial charge in [-0.15, -0.1) is 0 Å². The molecule has 0 aliphatic rings. The van der Waals surface area contributed by atoms with Crippen LogP contribution in [-0.2, 0) is 11.2 Å². The van der Waals surface area contributed by atoms with Crippen LogP contribution in [0.15, 0.2) is 66.9 Å². The molecule has 0 unspecified atom stereocenters. The molecule has 3 aromatic rings. The van der Waals surface area contributed by atoms with E-state index in [2.05, 4.69) is 16.6 Å². The quantitative estimate of drug-likeness (QED) is 0.479. The average Bonchev–Trinajstić information content (AvgIpc) is 3.11. The van der Waals surface area contributed by atoms with E-state index in [9.17, 15) is 4.79 Å². The number of rotatable bonds is 8. The second-order valence-corrected chi connectivity index (χ2v) is 6.49. The number of para-hydroxylation sites is 2. The first-order valence-electron chi connectivity index (χ1n) is 9.37. The Bertz CT molecular complexity index is 945. The Morgan fingerprint density at radius 2 is 1.89 bits per heavy atom. The van der Waals surface area contributed by atoms with Crippen molar-refractivity contribution in [2.45, 2.75) is 19.8 Å². The summed E-state index contributed by atoms with van der Waals surface area (Å²) in [5.41, 5.74) is 4.14. The zero-order valence-corrected chi connectivity index (χ0v) is 16.3. The van der Waals surface area contributed by atoms with E-state index in [-0.39, 0.29) is 5.91 Å². The van der Waals surface area contributed by atoms with Gasteiger partial charge in [0.15, 0.2) is 0 Å². The van der Waals surface area contributed by atoms with Gasteiger partial charge < -0.3 is 10.1 Å². The van der Waals surface area contributed by atoms with Gasteiger partial charge >= 0.3 is 0 Å². The van der Waals surface area contributed by atoms with Gasteiger partial charge in [-0.2, -0.15) is 5.10 Å². The number of carbonyl (C=O) groups is 1. The van der Waals surface area contributed by atoms with Gasteiger partial charge in [-0.25, -0.2) is 4.68 Å². The Kier molecular flexibility index (Phi) is 6.63. The highest BCUT2D eigenvalue weighted by Gasteiger charge is 2.06. The molecule has 0 fully saturated rings. The van der Waals surface area contributed by atoms with E-state index >= 15 is 0 Å². The summed E-state index contributed by atoms with van der Waals surface area (Å²) in [7, 11) is 1.62. The number of nitrogens with one attached hydrogen (secondary N) is 1. The van der Waals surface area contributed by atoms with Crippen molar-refractivity contribution in [3.63, 3.8) is 0 Å². The van der Waals surface area contributed by atoms with Crippen molar-refractivity contribution >= 4 is 12.0 Å². The van der Waals surface area contributed by atoms with Crippen molar-refractivity contribution in [2.24, 2.45) is 0 Å². The van der Waals surface area contributed by atoms with Gasteiger partial charge in [0, 0.05) is 24.4 Å².